The molecule has 5 N–H and O–H groups in total. The number of aromatic nitrogens is 2. The molecule has 1 atom stereocenters. The molecule has 0 bridgehead atoms. The molecule has 1 aliphatic carbocycles. The Hall–Kier alpha value is -1.87. The van der Waals surface area contributed by atoms with Crippen molar-refractivity contribution in [3.63, 3.8) is 0 Å². The fraction of sp³-hybridized carbons (Fsp3) is 0.615. The van der Waals surface area contributed by atoms with Crippen LogP contribution in [0.4, 0.5) is 11.6 Å². The molecule has 1 radical (unpaired) electrons. The molecule has 1 saturated carbocycles. The first kappa shape index (κ1) is 26.2. The summed E-state index contributed by atoms with van der Waals surface area (Å²) in [5, 5.41) is 11.4. The van der Waals surface area contributed by atoms with E-state index in [1.807, 2.05) is 24.3 Å². The number of rotatable bonds is 10. The molecule has 35 heavy (non-hydrogen) atoms. The molecule has 2 aliphatic rings. The highest BCUT2D eigenvalue weighted by molar-refractivity contribution is 6.33. The standard InChI is InChI=1S/C26H39BClN6O/c1-18(15-27-2)32-19-6-8-20(9-7-19)33-25-14-21(22(28)16-30-25)23-4-3-5-24(34-23)31-17-26(29)10-12-35-13-11-26/h3-5,14,16,18-20,32H,6-13,15,17,29H2,1-2H3,(H,30,33)(H,31,34)/t18-,19?,20?/m0/s1. The minimum absolute atomic E-state index is 0.262. The van der Waals surface area contributed by atoms with Crippen LogP contribution in [0, 0.1) is 0 Å². The Morgan fingerprint density at radius 1 is 1.17 bits per heavy atom. The number of anilines is 2. The second-order valence-electron chi connectivity index (χ2n) is 10.2. The Balaban J connectivity index is 1.36. The van der Waals surface area contributed by atoms with Gasteiger partial charge in [-0.15, -0.1) is 0 Å². The fourth-order valence-corrected chi connectivity index (χ4v) is 5.26. The number of nitrogens with zero attached hydrogens (tertiary/aromatic N) is 2. The lowest BCUT2D eigenvalue weighted by Crippen LogP contribution is -2.50. The van der Waals surface area contributed by atoms with Gasteiger partial charge in [-0.1, -0.05) is 37.7 Å². The van der Waals surface area contributed by atoms with Gasteiger partial charge in [-0.2, -0.15) is 0 Å². The molecule has 2 fully saturated rings. The smallest absolute Gasteiger partial charge is 0.126 e. The van der Waals surface area contributed by atoms with E-state index in [9.17, 15) is 0 Å². The maximum atomic E-state index is 6.54. The van der Waals surface area contributed by atoms with Gasteiger partial charge in [0.1, 0.15) is 18.9 Å². The summed E-state index contributed by atoms with van der Waals surface area (Å²) in [6.07, 6.45) is 9.13. The molecular formula is C26H39BClN6O. The van der Waals surface area contributed by atoms with Crippen molar-refractivity contribution < 1.29 is 4.74 Å². The first-order valence-electron chi connectivity index (χ1n) is 13.0. The lowest BCUT2D eigenvalue weighted by molar-refractivity contribution is 0.0574. The number of halogens is 1. The summed E-state index contributed by atoms with van der Waals surface area (Å²) < 4.78 is 5.45. The van der Waals surface area contributed by atoms with Crippen molar-refractivity contribution in [2.24, 2.45) is 5.73 Å². The number of nitrogens with one attached hydrogen (secondary N) is 3. The average Bonchev–Trinajstić information content (AvgIpc) is 2.86. The third kappa shape index (κ3) is 7.56. The molecule has 1 aliphatic heterocycles. The maximum Gasteiger partial charge on any atom is 0.126 e. The first-order chi connectivity index (χ1) is 16.9. The van der Waals surface area contributed by atoms with E-state index < -0.39 is 0 Å². The van der Waals surface area contributed by atoms with Gasteiger partial charge in [0.15, 0.2) is 0 Å². The molecule has 0 spiro atoms. The third-order valence-electron chi connectivity index (χ3n) is 7.18. The van der Waals surface area contributed by atoms with Crippen LogP contribution >= 0.6 is 11.6 Å². The van der Waals surface area contributed by atoms with E-state index in [2.05, 4.69) is 42.0 Å². The van der Waals surface area contributed by atoms with Crippen LogP contribution in [0.5, 0.6) is 0 Å². The maximum absolute atomic E-state index is 6.54. The monoisotopic (exact) mass is 497 g/mol. The van der Waals surface area contributed by atoms with Gasteiger partial charge >= 0.3 is 0 Å². The van der Waals surface area contributed by atoms with Gasteiger partial charge in [0, 0.05) is 49.1 Å². The summed E-state index contributed by atoms with van der Waals surface area (Å²) in [4.78, 5) is 9.36. The summed E-state index contributed by atoms with van der Waals surface area (Å²) in [6, 6.07) is 9.52. The van der Waals surface area contributed by atoms with Crippen molar-refractivity contribution in [1.29, 1.82) is 0 Å². The summed E-state index contributed by atoms with van der Waals surface area (Å²) in [5.41, 5.74) is 7.95. The summed E-state index contributed by atoms with van der Waals surface area (Å²) >= 11 is 6.54. The molecule has 3 heterocycles. The number of nitrogens with two attached hydrogens (primary N) is 1. The van der Waals surface area contributed by atoms with Crippen LogP contribution < -0.4 is 21.7 Å². The van der Waals surface area contributed by atoms with Crippen LogP contribution in [0.2, 0.25) is 18.2 Å². The number of ether oxygens (including phenoxy) is 1. The van der Waals surface area contributed by atoms with Crippen molar-refractivity contribution in [3.8, 4) is 11.3 Å². The van der Waals surface area contributed by atoms with Crippen molar-refractivity contribution in [3.05, 3.63) is 35.5 Å². The highest BCUT2D eigenvalue weighted by Gasteiger charge is 2.28. The molecule has 189 valence electrons. The predicted octanol–water partition coefficient (Wildman–Crippen LogP) is 4.59. The predicted molar refractivity (Wildman–Crippen MR) is 147 cm³/mol. The van der Waals surface area contributed by atoms with Crippen molar-refractivity contribution in [2.45, 2.75) is 82.3 Å². The van der Waals surface area contributed by atoms with E-state index in [1.165, 1.54) is 12.8 Å². The van der Waals surface area contributed by atoms with E-state index in [0.717, 1.165) is 54.9 Å². The van der Waals surface area contributed by atoms with E-state index in [4.69, 9.17) is 27.1 Å². The van der Waals surface area contributed by atoms with Gasteiger partial charge in [0.25, 0.3) is 0 Å². The molecule has 0 amide bonds. The van der Waals surface area contributed by atoms with Gasteiger partial charge in [0.05, 0.1) is 10.7 Å². The third-order valence-corrected chi connectivity index (χ3v) is 7.48. The van der Waals surface area contributed by atoms with Gasteiger partial charge in [-0.3, -0.25) is 0 Å². The molecule has 4 rings (SSSR count). The van der Waals surface area contributed by atoms with Crippen LogP contribution in [0.25, 0.3) is 11.3 Å². The minimum Gasteiger partial charge on any atom is -0.381 e. The number of pyridine rings is 2. The first-order valence-corrected chi connectivity index (χ1v) is 13.4. The topological polar surface area (TPSA) is 97.1 Å². The highest BCUT2D eigenvalue weighted by Crippen LogP contribution is 2.30. The Bertz CT molecular complexity index is 949. The second-order valence-corrected chi connectivity index (χ2v) is 10.6. The summed E-state index contributed by atoms with van der Waals surface area (Å²) in [5.74, 6) is 1.64. The lowest BCUT2D eigenvalue weighted by atomic mass is 9.75. The molecule has 2 aromatic heterocycles. The Kier molecular flexibility index (Phi) is 9.28. The quantitative estimate of drug-likeness (QED) is 0.356. The van der Waals surface area contributed by atoms with Gasteiger partial charge in [-0.25, -0.2) is 9.97 Å². The van der Waals surface area contributed by atoms with Crippen LogP contribution in [0.3, 0.4) is 0 Å². The minimum atomic E-state index is -0.262. The zero-order chi connectivity index (χ0) is 24.7. The van der Waals surface area contributed by atoms with E-state index in [1.54, 1.807) is 6.20 Å². The highest BCUT2D eigenvalue weighted by atomic mass is 35.5. The van der Waals surface area contributed by atoms with Crippen LogP contribution in [0.15, 0.2) is 30.5 Å². The zero-order valence-corrected chi connectivity index (χ0v) is 21.8. The zero-order valence-electron chi connectivity index (χ0n) is 21.0. The Morgan fingerprint density at radius 3 is 2.66 bits per heavy atom. The fourth-order valence-electron chi connectivity index (χ4n) is 5.06. The molecule has 1 saturated heterocycles. The van der Waals surface area contributed by atoms with Gasteiger partial charge in [0.2, 0.25) is 0 Å². The number of hydrogen-bond acceptors (Lipinski definition) is 7. The molecule has 7 nitrogen and oxygen atoms in total. The van der Waals surface area contributed by atoms with Crippen LogP contribution in [-0.2, 0) is 4.74 Å². The van der Waals surface area contributed by atoms with Crippen molar-refractivity contribution in [2.75, 3.05) is 30.4 Å². The summed E-state index contributed by atoms with van der Waals surface area (Å²) in [7, 11) is 2.23. The Labute approximate surface area is 215 Å². The second kappa shape index (κ2) is 12.4. The van der Waals surface area contributed by atoms with E-state index in [0.29, 0.717) is 42.9 Å². The summed E-state index contributed by atoms with van der Waals surface area (Å²) in [6.45, 7) is 6.47. The molecule has 0 aromatic carbocycles. The van der Waals surface area contributed by atoms with E-state index in [-0.39, 0.29) is 5.54 Å². The van der Waals surface area contributed by atoms with Crippen LogP contribution in [-0.4, -0.2) is 60.7 Å². The Morgan fingerprint density at radius 2 is 1.91 bits per heavy atom. The van der Waals surface area contributed by atoms with Gasteiger partial charge in [-0.05, 0) is 62.8 Å². The molecule has 2 aromatic rings. The van der Waals surface area contributed by atoms with Gasteiger partial charge < -0.3 is 26.4 Å². The molecular weight excluding hydrogens is 459 g/mol. The number of hydrogen-bond donors (Lipinski definition) is 4. The molecule has 0 unspecified atom stereocenters. The van der Waals surface area contributed by atoms with Crippen molar-refractivity contribution >= 4 is 30.5 Å². The SMILES string of the molecule is C[B]C[C@H](C)NC1CCC(Nc2cc(-c3cccc(NCC4(N)CCOCC4)n3)c(Cl)cn2)CC1. The molecule has 9 heteroatoms. The van der Waals surface area contributed by atoms with Crippen molar-refractivity contribution in [1.82, 2.24) is 15.3 Å². The lowest BCUT2D eigenvalue weighted by Gasteiger charge is -2.33. The average molecular weight is 498 g/mol. The largest absolute Gasteiger partial charge is 0.381 e. The van der Waals surface area contributed by atoms with Crippen LogP contribution in [0.1, 0.15) is 45.4 Å². The van der Waals surface area contributed by atoms with E-state index >= 15 is 0 Å². The normalized spacial score (nSPS) is 22.9.